The summed E-state index contributed by atoms with van der Waals surface area (Å²) in [6, 6.07) is 8.35. The molecule has 0 saturated heterocycles. The van der Waals surface area contributed by atoms with Crippen molar-refractivity contribution in [2.75, 3.05) is 25.0 Å². The lowest BCUT2D eigenvalue weighted by Crippen LogP contribution is -2.41. The molecule has 0 bridgehead atoms. The first-order valence-corrected chi connectivity index (χ1v) is 9.66. The second-order valence-electron chi connectivity index (χ2n) is 4.93. The average molecular weight is 391 g/mol. The van der Waals surface area contributed by atoms with Gasteiger partial charge in [0, 0.05) is 19.3 Å². The maximum absolute atomic E-state index is 13.0. The molecule has 0 N–H and O–H groups in total. The van der Waals surface area contributed by atoms with E-state index in [1.54, 1.807) is 6.92 Å². The third-order valence-electron chi connectivity index (χ3n) is 3.33. The van der Waals surface area contributed by atoms with Crippen LogP contribution in [0, 0.1) is 5.82 Å². The molecule has 0 aliphatic heterocycles. The van der Waals surface area contributed by atoms with Gasteiger partial charge in [-0.05, 0) is 43.3 Å². The van der Waals surface area contributed by atoms with E-state index in [-0.39, 0.29) is 10.8 Å². The normalized spacial score (nSPS) is 11.7. The molecular weight excluding hydrogens is 375 g/mol. The van der Waals surface area contributed by atoms with E-state index in [9.17, 15) is 17.6 Å². The highest BCUT2D eigenvalue weighted by Crippen LogP contribution is 2.27. The summed E-state index contributed by atoms with van der Waals surface area (Å²) in [6.07, 6.45) is 0. The molecule has 9 heteroatoms. The molecule has 2 rings (SSSR count). The number of nitrogens with zero attached hydrogens (tertiary/aromatic N) is 2. The van der Waals surface area contributed by atoms with Gasteiger partial charge < -0.3 is 4.90 Å². The Hall–Kier alpha value is -1.48. The van der Waals surface area contributed by atoms with Crippen LogP contribution in [-0.2, 0) is 14.8 Å². The number of thiophene rings is 1. The molecular formula is C15H16ClFN2O3S2. The summed E-state index contributed by atoms with van der Waals surface area (Å²) in [5, 5.41) is 0. The van der Waals surface area contributed by atoms with Gasteiger partial charge >= 0.3 is 0 Å². The fraction of sp³-hybridized carbons (Fsp3) is 0.267. The Labute approximate surface area is 149 Å². The zero-order chi connectivity index (χ0) is 17.9. The number of likely N-dealkylation sites (N-methyl/N-ethyl adjacent to an activating group) is 2. The Morgan fingerprint density at radius 1 is 1.21 bits per heavy atom. The van der Waals surface area contributed by atoms with Crippen LogP contribution in [0.3, 0.4) is 0 Å². The first kappa shape index (κ1) is 18.9. The molecule has 1 amide bonds. The van der Waals surface area contributed by atoms with Gasteiger partial charge in [-0.3, -0.25) is 4.79 Å². The van der Waals surface area contributed by atoms with E-state index >= 15 is 0 Å². The highest BCUT2D eigenvalue weighted by molar-refractivity contribution is 7.91. The predicted octanol–water partition coefficient (Wildman–Crippen LogP) is 3.21. The van der Waals surface area contributed by atoms with Crippen LogP contribution in [0.15, 0.2) is 40.6 Å². The van der Waals surface area contributed by atoms with Crippen molar-refractivity contribution in [3.63, 3.8) is 0 Å². The zero-order valence-electron chi connectivity index (χ0n) is 13.1. The Balaban J connectivity index is 2.16. The maximum atomic E-state index is 13.0. The molecule has 2 aromatic rings. The van der Waals surface area contributed by atoms with E-state index in [2.05, 4.69) is 0 Å². The van der Waals surface area contributed by atoms with E-state index in [0.717, 1.165) is 15.6 Å². The molecule has 5 nitrogen and oxygen atoms in total. The topological polar surface area (TPSA) is 57.7 Å². The van der Waals surface area contributed by atoms with Crippen molar-refractivity contribution in [2.45, 2.75) is 11.1 Å². The number of anilines is 1. The summed E-state index contributed by atoms with van der Waals surface area (Å²) in [7, 11) is -2.45. The molecule has 0 aliphatic rings. The van der Waals surface area contributed by atoms with Crippen molar-refractivity contribution in [2.24, 2.45) is 0 Å². The Morgan fingerprint density at radius 3 is 2.33 bits per heavy atom. The molecule has 0 spiro atoms. The Morgan fingerprint density at radius 2 is 1.83 bits per heavy atom. The molecule has 0 radical (unpaired) electrons. The Kier molecular flexibility index (Phi) is 5.97. The van der Waals surface area contributed by atoms with Crippen LogP contribution >= 0.6 is 22.9 Å². The number of sulfonamides is 1. The average Bonchev–Trinajstić information content (AvgIpc) is 2.97. The molecule has 0 atom stereocenters. The molecule has 24 heavy (non-hydrogen) atoms. The zero-order valence-corrected chi connectivity index (χ0v) is 15.5. The maximum Gasteiger partial charge on any atom is 0.252 e. The number of hydrogen-bond donors (Lipinski definition) is 0. The van der Waals surface area contributed by atoms with Gasteiger partial charge in [-0.25, -0.2) is 12.8 Å². The second kappa shape index (κ2) is 7.60. The number of halogens is 2. The number of carbonyl (C=O) groups excluding carboxylic acids is 1. The lowest BCUT2D eigenvalue weighted by molar-refractivity contribution is -0.118. The van der Waals surface area contributed by atoms with Crippen molar-refractivity contribution >= 4 is 44.6 Å². The van der Waals surface area contributed by atoms with Gasteiger partial charge in [-0.15, -0.1) is 11.3 Å². The summed E-state index contributed by atoms with van der Waals surface area (Å²) in [5.74, 6) is -0.811. The van der Waals surface area contributed by atoms with E-state index in [1.165, 1.54) is 48.3 Å². The minimum absolute atomic E-state index is 0.0765. The number of rotatable bonds is 6. The summed E-state index contributed by atoms with van der Waals surface area (Å²) in [6.45, 7) is 1.76. The molecule has 0 aliphatic carbocycles. The fourth-order valence-electron chi connectivity index (χ4n) is 2.07. The smallest absolute Gasteiger partial charge is 0.252 e. The SMILES string of the molecule is CCN(C(=O)CN(C)S(=O)(=O)c1ccc(Cl)s1)c1ccc(F)cc1. The third-order valence-corrected chi connectivity index (χ3v) is 6.83. The van der Waals surface area contributed by atoms with Crippen LogP contribution in [0.2, 0.25) is 4.34 Å². The monoisotopic (exact) mass is 390 g/mol. The Bertz CT molecular complexity index is 821. The third kappa shape index (κ3) is 4.13. The van der Waals surface area contributed by atoms with Crippen LogP contribution in [0.4, 0.5) is 10.1 Å². The van der Waals surface area contributed by atoms with Crippen molar-refractivity contribution in [3.05, 3.63) is 46.6 Å². The standard InChI is InChI=1S/C15H16ClFN2O3S2/c1-3-19(12-6-4-11(17)5-7-12)14(20)10-18(2)24(21,22)15-9-8-13(16)23-15/h4-9H,3,10H2,1-2H3. The quantitative estimate of drug-likeness (QED) is 0.761. The van der Waals surface area contributed by atoms with Crippen molar-refractivity contribution in [3.8, 4) is 0 Å². The van der Waals surface area contributed by atoms with Gasteiger partial charge in [0.25, 0.3) is 10.0 Å². The molecule has 1 aromatic carbocycles. The molecule has 1 aromatic heterocycles. The fourth-order valence-corrected chi connectivity index (χ4v) is 4.89. The van der Waals surface area contributed by atoms with E-state index in [4.69, 9.17) is 11.6 Å². The summed E-state index contributed by atoms with van der Waals surface area (Å²) in [4.78, 5) is 13.9. The van der Waals surface area contributed by atoms with E-state index in [0.29, 0.717) is 16.6 Å². The van der Waals surface area contributed by atoms with Crippen LogP contribution in [0.5, 0.6) is 0 Å². The molecule has 130 valence electrons. The van der Waals surface area contributed by atoms with Gasteiger partial charge in [0.1, 0.15) is 10.0 Å². The summed E-state index contributed by atoms with van der Waals surface area (Å²) < 4.78 is 39.3. The largest absolute Gasteiger partial charge is 0.312 e. The van der Waals surface area contributed by atoms with Gasteiger partial charge in [0.15, 0.2) is 0 Å². The highest BCUT2D eigenvalue weighted by Gasteiger charge is 2.26. The minimum atomic E-state index is -3.78. The molecule has 1 heterocycles. The van der Waals surface area contributed by atoms with Crippen LogP contribution in [0.1, 0.15) is 6.92 Å². The number of hydrogen-bond acceptors (Lipinski definition) is 4. The predicted molar refractivity (Wildman–Crippen MR) is 93.6 cm³/mol. The number of amides is 1. The molecule has 0 fully saturated rings. The first-order chi connectivity index (χ1) is 11.3. The summed E-state index contributed by atoms with van der Waals surface area (Å²) >= 11 is 6.70. The lowest BCUT2D eigenvalue weighted by atomic mass is 10.2. The number of benzene rings is 1. The van der Waals surface area contributed by atoms with E-state index in [1.807, 2.05) is 0 Å². The van der Waals surface area contributed by atoms with Crippen LogP contribution in [0.25, 0.3) is 0 Å². The number of carbonyl (C=O) groups is 1. The van der Waals surface area contributed by atoms with E-state index < -0.39 is 21.7 Å². The molecule has 0 unspecified atom stereocenters. The van der Waals surface area contributed by atoms with Crippen LogP contribution < -0.4 is 4.90 Å². The van der Waals surface area contributed by atoms with Crippen molar-refractivity contribution in [1.29, 1.82) is 0 Å². The van der Waals surface area contributed by atoms with Crippen molar-refractivity contribution < 1.29 is 17.6 Å². The minimum Gasteiger partial charge on any atom is -0.312 e. The summed E-state index contributed by atoms with van der Waals surface area (Å²) in [5.41, 5.74) is 0.508. The second-order valence-corrected chi connectivity index (χ2v) is 8.92. The van der Waals surface area contributed by atoms with Gasteiger partial charge in [-0.1, -0.05) is 11.6 Å². The van der Waals surface area contributed by atoms with Gasteiger partial charge in [0.05, 0.1) is 10.9 Å². The molecule has 0 saturated carbocycles. The van der Waals surface area contributed by atoms with Gasteiger partial charge in [0.2, 0.25) is 5.91 Å². The lowest BCUT2D eigenvalue weighted by Gasteiger charge is -2.24. The van der Waals surface area contributed by atoms with Crippen molar-refractivity contribution in [1.82, 2.24) is 4.31 Å². The van der Waals surface area contributed by atoms with Gasteiger partial charge in [-0.2, -0.15) is 4.31 Å². The van der Waals surface area contributed by atoms with Crippen LogP contribution in [-0.4, -0.2) is 38.8 Å². The highest BCUT2D eigenvalue weighted by atomic mass is 35.5. The first-order valence-electron chi connectivity index (χ1n) is 7.03.